The highest BCUT2D eigenvalue weighted by atomic mass is 16.5. The van der Waals surface area contributed by atoms with Crippen molar-refractivity contribution in [1.29, 1.82) is 0 Å². The van der Waals surface area contributed by atoms with Gasteiger partial charge in [-0.3, -0.25) is 9.69 Å². The molecule has 0 spiro atoms. The SMILES string of the molecule is O=C([C@H](c1ccccc1)N1CCN(c2ccccc2O)CC1)N1CCOCC1. The predicted octanol–water partition coefficient (Wildman–Crippen LogP) is 2.11. The van der Waals surface area contributed by atoms with Gasteiger partial charge in [0, 0.05) is 39.3 Å². The minimum absolute atomic E-state index is 0.158. The minimum Gasteiger partial charge on any atom is -0.506 e. The van der Waals surface area contributed by atoms with Gasteiger partial charge in [-0.1, -0.05) is 42.5 Å². The van der Waals surface area contributed by atoms with Gasteiger partial charge in [0.2, 0.25) is 5.91 Å². The third-order valence-electron chi connectivity index (χ3n) is 5.57. The zero-order valence-corrected chi connectivity index (χ0v) is 16.0. The topological polar surface area (TPSA) is 56.2 Å². The van der Waals surface area contributed by atoms with Gasteiger partial charge in [-0.15, -0.1) is 0 Å². The van der Waals surface area contributed by atoms with Crippen LogP contribution < -0.4 is 4.90 Å². The van der Waals surface area contributed by atoms with Gasteiger partial charge in [-0.25, -0.2) is 0 Å². The summed E-state index contributed by atoms with van der Waals surface area (Å²) in [6.45, 7) is 5.60. The van der Waals surface area contributed by atoms with Crippen LogP contribution in [-0.4, -0.2) is 73.3 Å². The Morgan fingerprint density at radius 2 is 1.50 bits per heavy atom. The standard InChI is InChI=1S/C22H27N3O3/c26-20-9-5-4-8-19(20)23-10-12-24(13-11-23)21(18-6-2-1-3-7-18)22(27)25-14-16-28-17-15-25/h1-9,21,26H,10-17H2/t21-/m0/s1. The Morgan fingerprint density at radius 3 is 2.18 bits per heavy atom. The summed E-state index contributed by atoms with van der Waals surface area (Å²) in [5, 5.41) is 10.1. The second-order valence-corrected chi connectivity index (χ2v) is 7.26. The van der Waals surface area contributed by atoms with Gasteiger partial charge in [0.05, 0.1) is 18.9 Å². The van der Waals surface area contributed by atoms with E-state index in [2.05, 4.69) is 9.80 Å². The largest absolute Gasteiger partial charge is 0.506 e. The Labute approximate surface area is 165 Å². The molecule has 0 unspecified atom stereocenters. The van der Waals surface area contributed by atoms with Crippen LogP contribution in [0.5, 0.6) is 5.75 Å². The average molecular weight is 381 g/mol. The second kappa shape index (κ2) is 8.63. The van der Waals surface area contributed by atoms with Crippen molar-refractivity contribution >= 4 is 11.6 Å². The number of ether oxygens (including phenoxy) is 1. The Morgan fingerprint density at radius 1 is 0.857 bits per heavy atom. The fourth-order valence-corrected chi connectivity index (χ4v) is 4.05. The molecule has 2 aliphatic heterocycles. The van der Waals surface area contributed by atoms with Crippen molar-refractivity contribution in [2.24, 2.45) is 0 Å². The van der Waals surface area contributed by atoms with E-state index in [4.69, 9.17) is 4.74 Å². The number of rotatable bonds is 4. The zero-order valence-electron chi connectivity index (χ0n) is 16.0. The minimum atomic E-state index is -0.272. The molecule has 2 aromatic carbocycles. The van der Waals surface area contributed by atoms with E-state index in [1.807, 2.05) is 53.4 Å². The summed E-state index contributed by atoms with van der Waals surface area (Å²) >= 11 is 0. The lowest BCUT2D eigenvalue weighted by Crippen LogP contribution is -2.53. The van der Waals surface area contributed by atoms with Crippen molar-refractivity contribution in [3.63, 3.8) is 0 Å². The van der Waals surface area contributed by atoms with Gasteiger partial charge < -0.3 is 19.6 Å². The molecule has 0 saturated carbocycles. The highest BCUT2D eigenvalue weighted by molar-refractivity contribution is 5.83. The number of hydrogen-bond acceptors (Lipinski definition) is 5. The normalized spacial score (nSPS) is 19.4. The van der Waals surface area contributed by atoms with E-state index in [0.717, 1.165) is 37.4 Å². The third kappa shape index (κ3) is 3.98. The summed E-state index contributed by atoms with van der Waals surface area (Å²) in [6.07, 6.45) is 0. The lowest BCUT2D eigenvalue weighted by atomic mass is 10.0. The smallest absolute Gasteiger partial charge is 0.244 e. The lowest BCUT2D eigenvalue weighted by molar-refractivity contribution is -0.141. The summed E-state index contributed by atoms with van der Waals surface area (Å²) in [7, 11) is 0. The maximum Gasteiger partial charge on any atom is 0.244 e. The number of carbonyl (C=O) groups is 1. The maximum atomic E-state index is 13.4. The van der Waals surface area contributed by atoms with Crippen molar-refractivity contribution in [2.75, 3.05) is 57.4 Å². The Hall–Kier alpha value is -2.57. The summed E-state index contributed by atoms with van der Waals surface area (Å²) in [5.41, 5.74) is 1.90. The van der Waals surface area contributed by atoms with Crippen molar-refractivity contribution < 1.29 is 14.6 Å². The third-order valence-corrected chi connectivity index (χ3v) is 5.57. The van der Waals surface area contributed by atoms with E-state index >= 15 is 0 Å². The van der Waals surface area contributed by atoms with Crippen molar-refractivity contribution in [3.8, 4) is 5.75 Å². The first kappa shape index (κ1) is 18.8. The maximum absolute atomic E-state index is 13.4. The second-order valence-electron chi connectivity index (χ2n) is 7.26. The summed E-state index contributed by atoms with van der Waals surface area (Å²) in [4.78, 5) is 19.8. The average Bonchev–Trinajstić information content (AvgIpc) is 2.76. The van der Waals surface area contributed by atoms with E-state index in [-0.39, 0.29) is 11.9 Å². The van der Waals surface area contributed by atoms with Gasteiger partial charge in [0.1, 0.15) is 11.8 Å². The quantitative estimate of drug-likeness (QED) is 0.879. The molecule has 2 heterocycles. The number of nitrogens with zero attached hydrogens (tertiary/aromatic N) is 3. The summed E-state index contributed by atoms with van der Waals surface area (Å²) in [5.74, 6) is 0.463. The summed E-state index contributed by atoms with van der Waals surface area (Å²) in [6, 6.07) is 17.2. The number of carbonyl (C=O) groups excluding carboxylic acids is 1. The number of aromatic hydroxyl groups is 1. The van der Waals surface area contributed by atoms with E-state index in [9.17, 15) is 9.90 Å². The van der Waals surface area contributed by atoms with E-state index in [1.165, 1.54) is 0 Å². The Kier molecular flexibility index (Phi) is 5.78. The van der Waals surface area contributed by atoms with E-state index < -0.39 is 0 Å². The highest BCUT2D eigenvalue weighted by Crippen LogP contribution is 2.30. The molecule has 2 fully saturated rings. The molecule has 0 bridgehead atoms. The fraction of sp³-hybridized carbons (Fsp3) is 0.409. The molecule has 0 aromatic heterocycles. The summed E-state index contributed by atoms with van der Waals surface area (Å²) < 4.78 is 5.42. The number of phenolic OH excluding ortho intramolecular Hbond substituents is 1. The van der Waals surface area contributed by atoms with Crippen LogP contribution in [0.1, 0.15) is 11.6 Å². The van der Waals surface area contributed by atoms with Gasteiger partial charge in [0.15, 0.2) is 0 Å². The Balaban J connectivity index is 1.51. The van der Waals surface area contributed by atoms with E-state index in [1.54, 1.807) is 6.07 Å². The molecule has 2 aliphatic rings. The van der Waals surface area contributed by atoms with Crippen LogP contribution in [-0.2, 0) is 9.53 Å². The first-order valence-corrected chi connectivity index (χ1v) is 9.92. The zero-order chi connectivity index (χ0) is 19.3. The number of morpholine rings is 1. The van der Waals surface area contributed by atoms with Crippen LogP contribution in [0.2, 0.25) is 0 Å². The number of anilines is 1. The van der Waals surface area contributed by atoms with Gasteiger partial charge >= 0.3 is 0 Å². The molecule has 0 radical (unpaired) electrons. The first-order valence-electron chi connectivity index (χ1n) is 9.92. The van der Waals surface area contributed by atoms with Gasteiger partial charge in [-0.05, 0) is 17.7 Å². The fourth-order valence-electron chi connectivity index (χ4n) is 4.05. The molecule has 6 heteroatoms. The number of piperazine rings is 1. The highest BCUT2D eigenvalue weighted by Gasteiger charge is 2.34. The molecule has 1 N–H and O–H groups in total. The lowest BCUT2D eigenvalue weighted by Gasteiger charge is -2.41. The number of hydrogen-bond donors (Lipinski definition) is 1. The number of phenols is 1. The molecule has 2 aromatic rings. The molecule has 0 aliphatic carbocycles. The molecule has 1 amide bonds. The van der Waals surface area contributed by atoms with Crippen LogP contribution in [0, 0.1) is 0 Å². The predicted molar refractivity (Wildman–Crippen MR) is 108 cm³/mol. The molecular weight excluding hydrogens is 354 g/mol. The van der Waals surface area contributed by atoms with Crippen molar-refractivity contribution in [1.82, 2.24) is 9.80 Å². The van der Waals surface area contributed by atoms with Crippen LogP contribution in [0.25, 0.3) is 0 Å². The van der Waals surface area contributed by atoms with Crippen molar-refractivity contribution in [3.05, 3.63) is 60.2 Å². The van der Waals surface area contributed by atoms with Crippen LogP contribution in [0.15, 0.2) is 54.6 Å². The molecule has 148 valence electrons. The first-order chi connectivity index (χ1) is 13.7. The van der Waals surface area contributed by atoms with E-state index in [0.29, 0.717) is 32.1 Å². The molecule has 6 nitrogen and oxygen atoms in total. The van der Waals surface area contributed by atoms with Gasteiger partial charge in [0.25, 0.3) is 0 Å². The van der Waals surface area contributed by atoms with Gasteiger partial charge in [-0.2, -0.15) is 0 Å². The number of para-hydroxylation sites is 2. The molecular formula is C22H27N3O3. The van der Waals surface area contributed by atoms with Crippen LogP contribution >= 0.6 is 0 Å². The van der Waals surface area contributed by atoms with Crippen LogP contribution in [0.3, 0.4) is 0 Å². The molecule has 2 saturated heterocycles. The molecule has 28 heavy (non-hydrogen) atoms. The Bertz CT molecular complexity index is 785. The number of benzene rings is 2. The number of amides is 1. The monoisotopic (exact) mass is 381 g/mol. The molecule has 1 atom stereocenters. The van der Waals surface area contributed by atoms with Crippen LogP contribution in [0.4, 0.5) is 5.69 Å². The molecule has 4 rings (SSSR count). The van der Waals surface area contributed by atoms with Crippen molar-refractivity contribution in [2.45, 2.75) is 6.04 Å².